The number of anilines is 1. The first-order valence-electron chi connectivity index (χ1n) is 7.70. The molecule has 0 aliphatic rings. The van der Waals surface area contributed by atoms with Gasteiger partial charge in [0.05, 0.1) is 12.2 Å². The summed E-state index contributed by atoms with van der Waals surface area (Å²) in [5.74, 6) is 0.757. The molecule has 2 aromatic rings. The lowest BCUT2D eigenvalue weighted by Gasteiger charge is -2.20. The van der Waals surface area contributed by atoms with Gasteiger partial charge in [0.1, 0.15) is 0 Å². The molecule has 0 aromatic carbocycles. The molecule has 0 spiro atoms. The summed E-state index contributed by atoms with van der Waals surface area (Å²) in [6.07, 6.45) is 6.68. The Balaban J connectivity index is 2.37. The molecule has 0 radical (unpaired) electrons. The van der Waals surface area contributed by atoms with Crippen LogP contribution >= 0.6 is 0 Å². The second-order valence-electron chi connectivity index (χ2n) is 5.66. The van der Waals surface area contributed by atoms with Gasteiger partial charge >= 0.3 is 0 Å². The van der Waals surface area contributed by atoms with E-state index in [0.717, 1.165) is 23.2 Å². The molecule has 1 amide bonds. The highest BCUT2D eigenvalue weighted by molar-refractivity contribution is 5.76. The van der Waals surface area contributed by atoms with Crippen LogP contribution in [0, 0.1) is 0 Å². The van der Waals surface area contributed by atoms with Crippen molar-refractivity contribution in [2.45, 2.75) is 26.3 Å². The van der Waals surface area contributed by atoms with Gasteiger partial charge in [0, 0.05) is 51.7 Å². The number of aromatic nitrogens is 3. The average Bonchev–Trinajstić information content (AvgIpc) is 2.55. The lowest BCUT2D eigenvalue weighted by atomic mass is 10.1. The summed E-state index contributed by atoms with van der Waals surface area (Å²) in [6, 6.07) is 3.84. The summed E-state index contributed by atoms with van der Waals surface area (Å²) >= 11 is 0. The maximum atomic E-state index is 12.1. The highest BCUT2D eigenvalue weighted by atomic mass is 16.2. The maximum absolute atomic E-state index is 12.1. The molecule has 23 heavy (non-hydrogen) atoms. The Morgan fingerprint density at radius 3 is 2.48 bits per heavy atom. The van der Waals surface area contributed by atoms with Gasteiger partial charge in [-0.1, -0.05) is 6.92 Å². The van der Waals surface area contributed by atoms with Gasteiger partial charge in [0.2, 0.25) is 11.9 Å². The van der Waals surface area contributed by atoms with Crippen LogP contribution in [0.1, 0.15) is 25.5 Å². The molecule has 0 N–H and O–H groups in total. The van der Waals surface area contributed by atoms with Crippen LogP contribution in [0.3, 0.4) is 0 Å². The SMILES string of the molecule is CCCC(=O)N(C)Cc1nc(N(C)C)ncc1-c1ccncc1. The Hall–Kier alpha value is -2.50. The first-order valence-corrected chi connectivity index (χ1v) is 7.70. The molecule has 2 aromatic heterocycles. The monoisotopic (exact) mass is 313 g/mol. The Bertz CT molecular complexity index is 657. The van der Waals surface area contributed by atoms with Crippen molar-refractivity contribution in [2.24, 2.45) is 0 Å². The molecule has 0 fully saturated rings. The Kier molecular flexibility index (Phi) is 5.62. The molecule has 2 heterocycles. The zero-order valence-corrected chi connectivity index (χ0v) is 14.2. The summed E-state index contributed by atoms with van der Waals surface area (Å²) in [5.41, 5.74) is 2.76. The second-order valence-corrected chi connectivity index (χ2v) is 5.66. The third-order valence-electron chi connectivity index (χ3n) is 3.52. The van der Waals surface area contributed by atoms with Crippen LogP contribution in [0.15, 0.2) is 30.7 Å². The number of rotatable bonds is 6. The quantitative estimate of drug-likeness (QED) is 0.819. The van der Waals surface area contributed by atoms with Gasteiger partial charge in [-0.3, -0.25) is 9.78 Å². The molecule has 122 valence electrons. The van der Waals surface area contributed by atoms with E-state index in [1.54, 1.807) is 17.3 Å². The predicted octanol–water partition coefficient (Wildman–Crippen LogP) is 2.36. The van der Waals surface area contributed by atoms with Crippen molar-refractivity contribution in [3.05, 3.63) is 36.4 Å². The summed E-state index contributed by atoms with van der Waals surface area (Å²) < 4.78 is 0. The number of carbonyl (C=O) groups is 1. The zero-order chi connectivity index (χ0) is 16.8. The van der Waals surface area contributed by atoms with E-state index in [1.165, 1.54) is 0 Å². The predicted molar refractivity (Wildman–Crippen MR) is 91.0 cm³/mol. The van der Waals surface area contributed by atoms with Crippen molar-refractivity contribution in [2.75, 3.05) is 26.0 Å². The van der Waals surface area contributed by atoms with Crippen LogP contribution in [0.25, 0.3) is 11.1 Å². The molecule has 0 aliphatic heterocycles. The van der Waals surface area contributed by atoms with Crippen molar-refractivity contribution in [3.8, 4) is 11.1 Å². The average molecular weight is 313 g/mol. The van der Waals surface area contributed by atoms with Gasteiger partial charge in [0.15, 0.2) is 0 Å². The van der Waals surface area contributed by atoms with Gasteiger partial charge in [-0.2, -0.15) is 0 Å². The van der Waals surface area contributed by atoms with Crippen molar-refractivity contribution in [1.82, 2.24) is 19.9 Å². The minimum absolute atomic E-state index is 0.123. The maximum Gasteiger partial charge on any atom is 0.225 e. The minimum Gasteiger partial charge on any atom is -0.347 e. The molecular formula is C17H23N5O. The first kappa shape index (κ1) is 16.9. The molecular weight excluding hydrogens is 290 g/mol. The summed E-state index contributed by atoms with van der Waals surface area (Å²) in [7, 11) is 5.61. The minimum atomic E-state index is 0.123. The summed E-state index contributed by atoms with van der Waals surface area (Å²) in [6.45, 7) is 2.46. The van der Waals surface area contributed by atoms with Crippen molar-refractivity contribution < 1.29 is 4.79 Å². The number of hydrogen-bond donors (Lipinski definition) is 0. The van der Waals surface area contributed by atoms with Crippen molar-refractivity contribution in [3.63, 3.8) is 0 Å². The van der Waals surface area contributed by atoms with Gasteiger partial charge in [-0.05, 0) is 24.1 Å². The molecule has 6 heteroatoms. The molecule has 0 bridgehead atoms. The Morgan fingerprint density at radius 2 is 1.87 bits per heavy atom. The van der Waals surface area contributed by atoms with Crippen LogP contribution in [0.4, 0.5) is 5.95 Å². The van der Waals surface area contributed by atoms with E-state index in [-0.39, 0.29) is 5.91 Å². The van der Waals surface area contributed by atoms with Crippen LogP contribution in [0.5, 0.6) is 0 Å². The fourth-order valence-corrected chi connectivity index (χ4v) is 2.23. The van der Waals surface area contributed by atoms with Crippen LogP contribution in [-0.2, 0) is 11.3 Å². The normalized spacial score (nSPS) is 10.4. The summed E-state index contributed by atoms with van der Waals surface area (Å²) in [4.78, 5) is 28.7. The number of pyridine rings is 1. The van der Waals surface area contributed by atoms with Gasteiger partial charge < -0.3 is 9.80 Å². The molecule has 0 saturated carbocycles. The Labute approximate surface area is 137 Å². The topological polar surface area (TPSA) is 62.2 Å². The number of hydrogen-bond acceptors (Lipinski definition) is 5. The Morgan fingerprint density at radius 1 is 1.17 bits per heavy atom. The molecule has 0 aliphatic carbocycles. The number of nitrogens with zero attached hydrogens (tertiary/aromatic N) is 5. The number of amides is 1. The van der Waals surface area contributed by atoms with Crippen LogP contribution < -0.4 is 4.90 Å². The van der Waals surface area contributed by atoms with Crippen molar-refractivity contribution >= 4 is 11.9 Å². The van der Waals surface area contributed by atoms with E-state index in [0.29, 0.717) is 18.9 Å². The second kappa shape index (κ2) is 7.67. The fraction of sp³-hybridized carbons (Fsp3) is 0.412. The standard InChI is InChI=1S/C17H23N5O/c1-5-6-16(23)22(4)12-15-14(13-7-9-18-10-8-13)11-19-17(20-15)21(2)3/h7-11H,5-6,12H2,1-4H3. The third-order valence-corrected chi connectivity index (χ3v) is 3.52. The fourth-order valence-electron chi connectivity index (χ4n) is 2.23. The zero-order valence-electron chi connectivity index (χ0n) is 14.2. The van der Waals surface area contributed by atoms with E-state index in [1.807, 2.05) is 51.3 Å². The third kappa shape index (κ3) is 4.25. The largest absolute Gasteiger partial charge is 0.347 e. The van der Waals surface area contributed by atoms with Gasteiger partial charge in [0.25, 0.3) is 0 Å². The van der Waals surface area contributed by atoms with Gasteiger partial charge in [-0.25, -0.2) is 9.97 Å². The van der Waals surface area contributed by atoms with E-state index in [2.05, 4.69) is 15.0 Å². The van der Waals surface area contributed by atoms with E-state index in [4.69, 9.17) is 0 Å². The molecule has 0 unspecified atom stereocenters. The smallest absolute Gasteiger partial charge is 0.225 e. The first-order chi connectivity index (χ1) is 11.0. The molecule has 2 rings (SSSR count). The highest BCUT2D eigenvalue weighted by Gasteiger charge is 2.15. The van der Waals surface area contributed by atoms with E-state index >= 15 is 0 Å². The molecule has 6 nitrogen and oxygen atoms in total. The number of carbonyl (C=O) groups excluding carboxylic acids is 1. The van der Waals surface area contributed by atoms with Crippen LogP contribution in [-0.4, -0.2) is 46.9 Å². The molecule has 0 saturated heterocycles. The van der Waals surface area contributed by atoms with E-state index in [9.17, 15) is 4.79 Å². The lowest BCUT2D eigenvalue weighted by molar-refractivity contribution is -0.130. The highest BCUT2D eigenvalue weighted by Crippen LogP contribution is 2.23. The van der Waals surface area contributed by atoms with Crippen LogP contribution in [0.2, 0.25) is 0 Å². The van der Waals surface area contributed by atoms with Crippen molar-refractivity contribution in [1.29, 1.82) is 0 Å². The summed E-state index contributed by atoms with van der Waals surface area (Å²) in [5, 5.41) is 0. The van der Waals surface area contributed by atoms with Gasteiger partial charge in [-0.15, -0.1) is 0 Å². The van der Waals surface area contributed by atoms with E-state index < -0.39 is 0 Å². The molecule has 0 atom stereocenters. The lowest BCUT2D eigenvalue weighted by Crippen LogP contribution is -2.27.